The van der Waals surface area contributed by atoms with Crippen molar-refractivity contribution in [2.24, 2.45) is 4.99 Å². The van der Waals surface area contributed by atoms with E-state index in [0.29, 0.717) is 17.0 Å². The second-order valence-corrected chi connectivity index (χ2v) is 5.90. The van der Waals surface area contributed by atoms with Gasteiger partial charge < -0.3 is 4.42 Å². The average Bonchev–Trinajstić information content (AvgIpc) is 3.16. The lowest BCUT2D eigenvalue weighted by atomic mass is 10.2. The summed E-state index contributed by atoms with van der Waals surface area (Å²) in [5, 5.41) is 10.7. The van der Waals surface area contributed by atoms with Gasteiger partial charge in [-0.2, -0.15) is 0 Å². The maximum Gasteiger partial charge on any atom is 0.269 e. The van der Waals surface area contributed by atoms with Crippen LogP contribution >= 0.6 is 0 Å². The number of hydrogen-bond acceptors (Lipinski definition) is 6. The molecule has 0 aliphatic rings. The molecule has 0 N–H and O–H groups in total. The number of nitro benzene ring substituents is 1. The van der Waals surface area contributed by atoms with Crippen molar-refractivity contribution in [1.29, 1.82) is 0 Å². The topological polar surface area (TPSA) is 94.4 Å². The zero-order valence-electron chi connectivity index (χ0n) is 14.6. The maximum absolute atomic E-state index is 10.7. The number of nitro groups is 1. The van der Waals surface area contributed by atoms with E-state index < -0.39 is 4.92 Å². The van der Waals surface area contributed by atoms with Crippen molar-refractivity contribution in [2.75, 3.05) is 0 Å². The van der Waals surface area contributed by atoms with E-state index in [4.69, 9.17) is 4.42 Å². The van der Waals surface area contributed by atoms with Crippen molar-refractivity contribution in [3.05, 3.63) is 88.7 Å². The first-order valence-electron chi connectivity index (χ1n) is 8.45. The van der Waals surface area contributed by atoms with Gasteiger partial charge >= 0.3 is 0 Å². The van der Waals surface area contributed by atoms with Crippen LogP contribution in [0.4, 0.5) is 11.4 Å². The minimum Gasteiger partial charge on any atom is -0.436 e. The number of aliphatic imine (C=N–C) groups is 1. The van der Waals surface area contributed by atoms with Gasteiger partial charge in [-0.3, -0.25) is 20.1 Å². The van der Waals surface area contributed by atoms with Crippen molar-refractivity contribution < 1.29 is 9.34 Å². The van der Waals surface area contributed by atoms with Gasteiger partial charge in [0.05, 0.1) is 16.2 Å². The quantitative estimate of drug-likeness (QED) is 0.273. The molecule has 136 valence electrons. The Bertz CT molecular complexity index is 1180. The minimum absolute atomic E-state index is 0.0670. The number of non-ortho nitro benzene ring substituents is 1. The van der Waals surface area contributed by atoms with Crippen LogP contribution in [-0.2, 0) is 0 Å². The molecule has 0 aliphatic heterocycles. The summed E-state index contributed by atoms with van der Waals surface area (Å²) in [7, 11) is 0. The smallest absolute Gasteiger partial charge is 0.269 e. The molecule has 0 unspecified atom stereocenters. The molecule has 0 atom stereocenters. The van der Waals surface area contributed by atoms with Crippen LogP contribution in [0, 0.1) is 10.1 Å². The fourth-order valence-electron chi connectivity index (χ4n) is 2.60. The van der Waals surface area contributed by atoms with Gasteiger partial charge in [0.2, 0.25) is 5.89 Å². The predicted octanol–water partition coefficient (Wildman–Crippen LogP) is 5.21. The van der Waals surface area contributed by atoms with Crippen molar-refractivity contribution >= 4 is 34.8 Å². The Labute approximate surface area is 159 Å². The highest BCUT2D eigenvalue weighted by Crippen LogP contribution is 2.26. The van der Waals surface area contributed by atoms with Gasteiger partial charge in [0, 0.05) is 30.7 Å². The zero-order chi connectivity index (χ0) is 19.3. The molecule has 0 radical (unpaired) electrons. The van der Waals surface area contributed by atoms with E-state index in [1.165, 1.54) is 12.1 Å². The summed E-state index contributed by atoms with van der Waals surface area (Å²) in [6.07, 6.45) is 8.65. The van der Waals surface area contributed by atoms with E-state index in [1.807, 2.05) is 36.4 Å². The summed E-state index contributed by atoms with van der Waals surface area (Å²) in [5.74, 6) is 0.516. The second-order valence-electron chi connectivity index (χ2n) is 5.90. The number of benzene rings is 2. The molecule has 2 aromatic carbocycles. The zero-order valence-corrected chi connectivity index (χ0v) is 14.6. The first-order valence-corrected chi connectivity index (χ1v) is 8.45. The van der Waals surface area contributed by atoms with Gasteiger partial charge in [-0.15, -0.1) is 0 Å². The lowest BCUT2D eigenvalue weighted by molar-refractivity contribution is -0.384. The summed E-state index contributed by atoms with van der Waals surface area (Å²) in [5.41, 5.74) is 3.87. The number of allylic oxidation sites excluding steroid dienone is 1. The Hall–Kier alpha value is -4.13. The van der Waals surface area contributed by atoms with E-state index in [2.05, 4.69) is 15.0 Å². The third-order valence-corrected chi connectivity index (χ3v) is 3.98. The Morgan fingerprint density at radius 3 is 2.71 bits per heavy atom. The molecule has 7 heteroatoms. The molecule has 0 amide bonds. The van der Waals surface area contributed by atoms with Crippen molar-refractivity contribution in [3.8, 4) is 11.5 Å². The van der Waals surface area contributed by atoms with Crippen LogP contribution in [0.25, 0.3) is 28.6 Å². The van der Waals surface area contributed by atoms with Crippen molar-refractivity contribution in [1.82, 2.24) is 9.97 Å². The first kappa shape index (κ1) is 17.3. The van der Waals surface area contributed by atoms with Gasteiger partial charge in [-0.1, -0.05) is 6.08 Å². The highest BCUT2D eigenvalue weighted by Gasteiger charge is 2.08. The number of pyridine rings is 1. The molecular weight excluding hydrogens is 356 g/mol. The van der Waals surface area contributed by atoms with Gasteiger partial charge in [-0.25, -0.2) is 4.98 Å². The Balaban J connectivity index is 1.49. The molecule has 7 nitrogen and oxygen atoms in total. The van der Waals surface area contributed by atoms with Crippen LogP contribution in [0.3, 0.4) is 0 Å². The molecular formula is C21H14N4O3. The fourth-order valence-corrected chi connectivity index (χ4v) is 2.60. The molecule has 0 aliphatic carbocycles. The molecule has 0 saturated heterocycles. The van der Waals surface area contributed by atoms with Crippen LogP contribution in [0.1, 0.15) is 5.56 Å². The Morgan fingerprint density at radius 1 is 1.11 bits per heavy atom. The number of rotatable bonds is 5. The van der Waals surface area contributed by atoms with Crippen LogP contribution in [-0.4, -0.2) is 21.1 Å². The summed E-state index contributed by atoms with van der Waals surface area (Å²) in [6, 6.07) is 15.5. The molecule has 0 saturated carbocycles. The normalized spacial score (nSPS) is 11.6. The summed E-state index contributed by atoms with van der Waals surface area (Å²) < 4.78 is 5.75. The molecule has 0 fully saturated rings. The average molecular weight is 370 g/mol. The number of fused-ring (bicyclic) bond motifs is 1. The van der Waals surface area contributed by atoms with Crippen LogP contribution < -0.4 is 0 Å². The number of aromatic nitrogens is 2. The molecule has 2 aromatic heterocycles. The van der Waals surface area contributed by atoms with E-state index >= 15 is 0 Å². The molecule has 0 spiro atoms. The SMILES string of the molecule is O=[N+]([O-])c1ccc(/C=C/C=Nc2ccc3oc(-c4cccnc4)nc3c2)cc1. The molecule has 4 aromatic rings. The standard InChI is InChI=1S/C21H14N4O3/c26-25(27)18-8-5-15(6-9-18)3-1-12-23-17-7-10-20-19(13-17)24-21(28-20)16-4-2-11-22-14-16/h1-14H/b3-1+,23-12?. The Kier molecular flexibility index (Phi) is 4.71. The third-order valence-electron chi connectivity index (χ3n) is 3.98. The summed E-state index contributed by atoms with van der Waals surface area (Å²) in [4.78, 5) is 23.2. The molecule has 4 rings (SSSR count). The van der Waals surface area contributed by atoms with E-state index in [-0.39, 0.29) is 5.69 Å². The minimum atomic E-state index is -0.422. The Morgan fingerprint density at radius 2 is 1.96 bits per heavy atom. The molecule has 2 heterocycles. The van der Waals surface area contributed by atoms with Gasteiger partial charge in [-0.05, 0) is 54.1 Å². The number of hydrogen-bond donors (Lipinski definition) is 0. The fraction of sp³-hybridized carbons (Fsp3) is 0. The van der Waals surface area contributed by atoms with Crippen LogP contribution in [0.2, 0.25) is 0 Å². The monoisotopic (exact) mass is 370 g/mol. The first-order chi connectivity index (χ1) is 13.7. The van der Waals surface area contributed by atoms with E-state index in [0.717, 1.165) is 16.8 Å². The summed E-state index contributed by atoms with van der Waals surface area (Å²) >= 11 is 0. The largest absolute Gasteiger partial charge is 0.436 e. The van der Waals surface area contributed by atoms with Crippen molar-refractivity contribution in [3.63, 3.8) is 0 Å². The van der Waals surface area contributed by atoms with E-state index in [9.17, 15) is 10.1 Å². The second kappa shape index (κ2) is 7.63. The number of oxazole rings is 1. The molecule has 28 heavy (non-hydrogen) atoms. The van der Waals surface area contributed by atoms with Gasteiger partial charge in [0.1, 0.15) is 5.52 Å². The number of nitrogens with zero attached hydrogens (tertiary/aromatic N) is 4. The van der Waals surface area contributed by atoms with E-state index in [1.54, 1.807) is 36.8 Å². The maximum atomic E-state index is 10.7. The predicted molar refractivity (Wildman–Crippen MR) is 108 cm³/mol. The van der Waals surface area contributed by atoms with Gasteiger partial charge in [0.15, 0.2) is 5.58 Å². The van der Waals surface area contributed by atoms with Crippen LogP contribution in [0.5, 0.6) is 0 Å². The third kappa shape index (κ3) is 3.83. The molecule has 0 bridgehead atoms. The lowest BCUT2D eigenvalue weighted by Gasteiger charge is -1.93. The highest BCUT2D eigenvalue weighted by atomic mass is 16.6. The van der Waals surface area contributed by atoms with Gasteiger partial charge in [0.25, 0.3) is 5.69 Å². The lowest BCUT2D eigenvalue weighted by Crippen LogP contribution is -1.86. The van der Waals surface area contributed by atoms with Crippen molar-refractivity contribution in [2.45, 2.75) is 0 Å². The summed E-state index contributed by atoms with van der Waals surface area (Å²) in [6.45, 7) is 0. The highest BCUT2D eigenvalue weighted by molar-refractivity contribution is 5.83. The van der Waals surface area contributed by atoms with Crippen LogP contribution in [0.15, 0.2) is 82.5 Å².